The Morgan fingerprint density at radius 1 is 1.35 bits per heavy atom. The lowest BCUT2D eigenvalue weighted by molar-refractivity contribution is 0.0466. The number of nitrogens with zero attached hydrogens (tertiary/aromatic N) is 2. The first-order valence-corrected chi connectivity index (χ1v) is 6.76. The number of carbonyl (C=O) groups excluding carboxylic acids is 1. The summed E-state index contributed by atoms with van der Waals surface area (Å²) >= 11 is 1.34. The summed E-state index contributed by atoms with van der Waals surface area (Å²) in [5, 5.41) is 2.31. The standard InChI is InChI=1S/C14H10N2O3S/c17-14(19-8-10-3-1-5-15-7-10)11-9-20-13(16-11)12-4-2-6-18-12/h1-7,9H,8H2. The number of furan rings is 1. The second-order valence-corrected chi connectivity index (χ2v) is 4.81. The van der Waals surface area contributed by atoms with E-state index in [1.807, 2.05) is 6.07 Å². The highest BCUT2D eigenvalue weighted by atomic mass is 32.1. The Morgan fingerprint density at radius 3 is 3.05 bits per heavy atom. The normalized spacial score (nSPS) is 10.4. The number of thiazole rings is 1. The first-order valence-electron chi connectivity index (χ1n) is 5.88. The van der Waals surface area contributed by atoms with Crippen molar-refractivity contribution in [2.45, 2.75) is 6.61 Å². The molecule has 100 valence electrons. The predicted octanol–water partition coefficient (Wildman–Crippen LogP) is 3.16. The van der Waals surface area contributed by atoms with Crippen molar-refractivity contribution < 1.29 is 13.9 Å². The van der Waals surface area contributed by atoms with Gasteiger partial charge in [0, 0.05) is 23.3 Å². The van der Waals surface area contributed by atoms with Gasteiger partial charge in [0.1, 0.15) is 6.61 Å². The van der Waals surface area contributed by atoms with Crippen LogP contribution in [-0.2, 0) is 11.3 Å². The van der Waals surface area contributed by atoms with E-state index in [-0.39, 0.29) is 12.3 Å². The molecule has 0 aliphatic rings. The summed E-state index contributed by atoms with van der Waals surface area (Å²) in [4.78, 5) is 20.0. The largest absolute Gasteiger partial charge is 0.462 e. The smallest absolute Gasteiger partial charge is 0.358 e. The monoisotopic (exact) mass is 286 g/mol. The van der Waals surface area contributed by atoms with Crippen LogP contribution < -0.4 is 0 Å². The quantitative estimate of drug-likeness (QED) is 0.689. The Labute approximate surface area is 118 Å². The molecule has 0 aliphatic carbocycles. The summed E-state index contributed by atoms with van der Waals surface area (Å²) in [6, 6.07) is 7.21. The fourth-order valence-electron chi connectivity index (χ4n) is 1.59. The van der Waals surface area contributed by atoms with E-state index >= 15 is 0 Å². The number of hydrogen-bond donors (Lipinski definition) is 0. The molecule has 0 radical (unpaired) electrons. The van der Waals surface area contributed by atoms with E-state index in [2.05, 4.69) is 9.97 Å². The highest BCUT2D eigenvalue weighted by Crippen LogP contribution is 2.24. The van der Waals surface area contributed by atoms with Crippen LogP contribution >= 0.6 is 11.3 Å². The third kappa shape index (κ3) is 2.75. The lowest BCUT2D eigenvalue weighted by Crippen LogP contribution is -2.05. The summed E-state index contributed by atoms with van der Waals surface area (Å²) in [5.41, 5.74) is 1.12. The number of ether oxygens (including phenoxy) is 1. The molecular formula is C14H10N2O3S. The fraction of sp³-hybridized carbons (Fsp3) is 0.0714. The molecule has 3 heterocycles. The molecule has 0 saturated heterocycles. The van der Waals surface area contributed by atoms with Crippen molar-refractivity contribution in [2.75, 3.05) is 0 Å². The van der Waals surface area contributed by atoms with Crippen LogP contribution in [0.15, 0.2) is 52.7 Å². The van der Waals surface area contributed by atoms with Crippen molar-refractivity contribution in [2.24, 2.45) is 0 Å². The molecule has 0 saturated carbocycles. The number of hydrogen-bond acceptors (Lipinski definition) is 6. The molecule has 0 bridgehead atoms. The molecule has 0 aromatic carbocycles. The molecule has 6 heteroatoms. The van der Waals surface area contributed by atoms with Gasteiger partial charge in [-0.15, -0.1) is 11.3 Å². The number of esters is 1. The minimum absolute atomic E-state index is 0.181. The Morgan fingerprint density at radius 2 is 2.30 bits per heavy atom. The minimum Gasteiger partial charge on any atom is -0.462 e. The van der Waals surface area contributed by atoms with Crippen LogP contribution in [-0.4, -0.2) is 15.9 Å². The van der Waals surface area contributed by atoms with Gasteiger partial charge in [-0.1, -0.05) is 6.07 Å². The molecule has 0 aliphatic heterocycles. The van der Waals surface area contributed by atoms with E-state index in [1.54, 1.807) is 42.2 Å². The van der Waals surface area contributed by atoms with Crippen molar-refractivity contribution in [3.05, 3.63) is 59.6 Å². The van der Waals surface area contributed by atoms with Crippen molar-refractivity contribution >= 4 is 17.3 Å². The Bertz CT molecular complexity index is 692. The van der Waals surface area contributed by atoms with Crippen LogP contribution in [0.5, 0.6) is 0 Å². The molecule has 20 heavy (non-hydrogen) atoms. The summed E-state index contributed by atoms with van der Waals surface area (Å²) in [6.07, 6.45) is 4.89. The molecular weight excluding hydrogens is 276 g/mol. The summed E-state index contributed by atoms with van der Waals surface area (Å²) in [7, 11) is 0. The topological polar surface area (TPSA) is 65.2 Å². The Kier molecular flexibility index (Phi) is 3.56. The maximum absolute atomic E-state index is 11.9. The van der Waals surface area contributed by atoms with Gasteiger partial charge in [-0.2, -0.15) is 0 Å². The van der Waals surface area contributed by atoms with Crippen molar-refractivity contribution in [3.8, 4) is 10.8 Å². The third-order valence-electron chi connectivity index (χ3n) is 2.54. The molecule has 3 rings (SSSR count). The average Bonchev–Trinajstić information content (AvgIpc) is 3.16. The number of pyridine rings is 1. The summed E-state index contributed by atoms with van der Waals surface area (Å²) < 4.78 is 10.4. The zero-order valence-electron chi connectivity index (χ0n) is 10.4. The van der Waals surface area contributed by atoms with Crippen molar-refractivity contribution in [1.29, 1.82) is 0 Å². The van der Waals surface area contributed by atoms with Crippen LogP contribution in [0.2, 0.25) is 0 Å². The van der Waals surface area contributed by atoms with Crippen LogP contribution in [0.4, 0.5) is 0 Å². The average molecular weight is 286 g/mol. The van der Waals surface area contributed by atoms with Crippen molar-refractivity contribution in [3.63, 3.8) is 0 Å². The van der Waals surface area contributed by atoms with E-state index in [9.17, 15) is 4.79 Å². The fourth-order valence-corrected chi connectivity index (χ4v) is 2.34. The molecule has 0 N–H and O–H groups in total. The van der Waals surface area contributed by atoms with E-state index in [0.29, 0.717) is 10.8 Å². The van der Waals surface area contributed by atoms with Gasteiger partial charge >= 0.3 is 5.97 Å². The molecule has 0 fully saturated rings. The lowest BCUT2D eigenvalue weighted by atomic mass is 10.3. The lowest BCUT2D eigenvalue weighted by Gasteiger charge is -2.01. The molecule has 0 unspecified atom stereocenters. The third-order valence-corrected chi connectivity index (χ3v) is 3.39. The first-order chi connectivity index (χ1) is 9.83. The van der Waals surface area contributed by atoms with Crippen LogP contribution in [0.25, 0.3) is 10.8 Å². The molecule has 0 amide bonds. The van der Waals surface area contributed by atoms with Gasteiger partial charge in [-0.25, -0.2) is 9.78 Å². The second-order valence-electron chi connectivity index (χ2n) is 3.95. The van der Waals surface area contributed by atoms with Gasteiger partial charge in [0.05, 0.1) is 6.26 Å². The van der Waals surface area contributed by atoms with Crippen molar-refractivity contribution in [1.82, 2.24) is 9.97 Å². The number of aromatic nitrogens is 2. The predicted molar refractivity (Wildman–Crippen MR) is 73.2 cm³/mol. The van der Waals surface area contributed by atoms with Gasteiger partial charge in [0.25, 0.3) is 0 Å². The zero-order chi connectivity index (χ0) is 13.8. The van der Waals surface area contributed by atoms with Gasteiger partial charge in [0.15, 0.2) is 16.5 Å². The summed E-state index contributed by atoms with van der Waals surface area (Å²) in [6.45, 7) is 0.181. The Balaban J connectivity index is 1.66. The highest BCUT2D eigenvalue weighted by molar-refractivity contribution is 7.13. The van der Waals surface area contributed by atoms with E-state index in [0.717, 1.165) is 5.56 Å². The van der Waals surface area contributed by atoms with E-state index in [1.165, 1.54) is 11.3 Å². The number of rotatable bonds is 4. The van der Waals surface area contributed by atoms with Crippen LogP contribution in [0, 0.1) is 0 Å². The molecule has 3 aromatic rings. The van der Waals surface area contributed by atoms with E-state index in [4.69, 9.17) is 9.15 Å². The van der Waals surface area contributed by atoms with Gasteiger partial charge in [0.2, 0.25) is 0 Å². The SMILES string of the molecule is O=C(OCc1cccnc1)c1csc(-c2ccco2)n1. The van der Waals surface area contributed by atoms with Crippen LogP contribution in [0.3, 0.4) is 0 Å². The Hall–Kier alpha value is -2.47. The summed E-state index contributed by atoms with van der Waals surface area (Å²) in [5.74, 6) is 0.184. The first kappa shape index (κ1) is 12.6. The van der Waals surface area contributed by atoms with Gasteiger partial charge in [-0.05, 0) is 18.2 Å². The molecule has 0 atom stereocenters. The van der Waals surface area contributed by atoms with Crippen LogP contribution in [0.1, 0.15) is 16.1 Å². The minimum atomic E-state index is -0.456. The van der Waals surface area contributed by atoms with Gasteiger partial charge in [-0.3, -0.25) is 4.98 Å². The van der Waals surface area contributed by atoms with Gasteiger partial charge < -0.3 is 9.15 Å². The molecule has 5 nitrogen and oxygen atoms in total. The molecule has 0 spiro atoms. The maximum Gasteiger partial charge on any atom is 0.358 e. The molecule has 3 aromatic heterocycles. The maximum atomic E-state index is 11.9. The highest BCUT2D eigenvalue weighted by Gasteiger charge is 2.14. The zero-order valence-corrected chi connectivity index (χ0v) is 11.2. The number of carbonyl (C=O) groups is 1. The van der Waals surface area contributed by atoms with E-state index < -0.39 is 5.97 Å². The second kappa shape index (κ2) is 5.66.